The number of alkyl halides is 3. The van der Waals surface area contributed by atoms with Crippen molar-refractivity contribution >= 4 is 16.7 Å². The van der Waals surface area contributed by atoms with E-state index in [4.69, 9.17) is 0 Å². The van der Waals surface area contributed by atoms with Crippen LogP contribution in [0.15, 0.2) is 0 Å². The minimum absolute atomic E-state index is 0.327. The molecule has 4 nitrogen and oxygen atoms in total. The fourth-order valence-corrected chi connectivity index (χ4v) is 2.36. The van der Waals surface area contributed by atoms with Crippen LogP contribution in [0.2, 0.25) is 0 Å². The smallest absolute Gasteiger partial charge is 0.340 e. The Hall–Kier alpha value is -0.630. The van der Waals surface area contributed by atoms with Crippen LogP contribution in [0.3, 0.4) is 0 Å². The van der Waals surface area contributed by atoms with E-state index < -0.39 is 23.5 Å². The predicted molar refractivity (Wildman–Crippen MR) is 53.4 cm³/mol. The lowest BCUT2D eigenvalue weighted by Crippen LogP contribution is -2.46. The second-order valence-electron chi connectivity index (χ2n) is 3.45. The molecular weight excluding hydrogens is 245 g/mol. The van der Waals surface area contributed by atoms with Crippen molar-refractivity contribution in [1.82, 2.24) is 10.2 Å². The highest BCUT2D eigenvalue weighted by Crippen LogP contribution is 2.12. The summed E-state index contributed by atoms with van der Waals surface area (Å²) in [6.07, 6.45) is -4.30. The van der Waals surface area contributed by atoms with Gasteiger partial charge >= 0.3 is 6.18 Å². The Morgan fingerprint density at radius 3 is 2.38 bits per heavy atom. The summed E-state index contributed by atoms with van der Waals surface area (Å²) >= 11 is 0. The van der Waals surface area contributed by atoms with E-state index in [0.717, 1.165) is 0 Å². The molecule has 1 rings (SSSR count). The van der Waals surface area contributed by atoms with Crippen molar-refractivity contribution < 1.29 is 22.2 Å². The van der Waals surface area contributed by atoms with Crippen LogP contribution in [0.4, 0.5) is 13.2 Å². The Morgan fingerprint density at radius 2 is 1.88 bits per heavy atom. The van der Waals surface area contributed by atoms with Crippen LogP contribution in [0.5, 0.6) is 0 Å². The van der Waals surface area contributed by atoms with Gasteiger partial charge in [0.25, 0.3) is 0 Å². The maximum atomic E-state index is 11.8. The van der Waals surface area contributed by atoms with Gasteiger partial charge in [0.1, 0.15) is 0 Å². The van der Waals surface area contributed by atoms with E-state index in [2.05, 4.69) is 0 Å². The number of carbonyl (C=O) groups excluding carboxylic acids is 1. The van der Waals surface area contributed by atoms with Crippen LogP contribution in [-0.2, 0) is 15.6 Å². The van der Waals surface area contributed by atoms with Crippen LogP contribution in [-0.4, -0.2) is 58.9 Å². The van der Waals surface area contributed by atoms with E-state index in [9.17, 15) is 22.2 Å². The maximum absolute atomic E-state index is 11.8. The van der Waals surface area contributed by atoms with Crippen molar-refractivity contribution in [2.45, 2.75) is 6.18 Å². The van der Waals surface area contributed by atoms with E-state index >= 15 is 0 Å². The first kappa shape index (κ1) is 13.4. The molecule has 0 bridgehead atoms. The first-order valence-electron chi connectivity index (χ1n) is 4.79. The SMILES string of the molecule is O=C(CNCC(F)(F)F)N1CCS(=O)CC1. The summed E-state index contributed by atoms with van der Waals surface area (Å²) < 4.78 is 46.3. The summed E-state index contributed by atoms with van der Waals surface area (Å²) in [4.78, 5) is 12.8. The molecular formula is C8H13F3N2O2S. The number of amides is 1. The van der Waals surface area contributed by atoms with Crippen LogP contribution in [0, 0.1) is 0 Å². The number of nitrogens with zero attached hydrogens (tertiary/aromatic N) is 1. The summed E-state index contributed by atoms with van der Waals surface area (Å²) in [5.41, 5.74) is 0. The van der Waals surface area contributed by atoms with Crippen LogP contribution >= 0.6 is 0 Å². The zero-order valence-electron chi connectivity index (χ0n) is 8.55. The van der Waals surface area contributed by atoms with Gasteiger partial charge in [-0.1, -0.05) is 0 Å². The van der Waals surface area contributed by atoms with E-state index in [1.165, 1.54) is 4.90 Å². The second kappa shape index (κ2) is 5.62. The Labute approximate surface area is 93.6 Å². The van der Waals surface area contributed by atoms with Gasteiger partial charge in [0.15, 0.2) is 0 Å². The third-order valence-corrected chi connectivity index (χ3v) is 3.41. The van der Waals surface area contributed by atoms with Gasteiger partial charge in [-0.05, 0) is 0 Å². The average molecular weight is 258 g/mol. The Morgan fingerprint density at radius 1 is 1.31 bits per heavy atom. The van der Waals surface area contributed by atoms with E-state index in [1.54, 1.807) is 0 Å². The molecule has 1 amide bonds. The molecule has 1 N–H and O–H groups in total. The monoisotopic (exact) mass is 258 g/mol. The van der Waals surface area contributed by atoms with Crippen molar-refractivity contribution in [1.29, 1.82) is 0 Å². The van der Waals surface area contributed by atoms with Crippen LogP contribution in [0.1, 0.15) is 0 Å². The summed E-state index contributed by atoms with van der Waals surface area (Å²) in [7, 11) is -0.892. The molecule has 8 heteroatoms. The third kappa shape index (κ3) is 4.93. The van der Waals surface area contributed by atoms with Crippen molar-refractivity contribution in [3.63, 3.8) is 0 Å². The molecule has 0 aromatic carbocycles. The third-order valence-electron chi connectivity index (χ3n) is 2.13. The molecule has 0 atom stereocenters. The molecule has 0 aromatic rings. The second-order valence-corrected chi connectivity index (χ2v) is 5.14. The summed E-state index contributed by atoms with van der Waals surface area (Å²) in [6.45, 7) is -0.775. The number of rotatable bonds is 3. The topological polar surface area (TPSA) is 49.4 Å². The molecule has 94 valence electrons. The molecule has 1 aliphatic rings. The Bertz CT molecular complexity index is 273. The fraction of sp³-hybridized carbons (Fsp3) is 0.875. The highest BCUT2D eigenvalue weighted by Gasteiger charge is 2.27. The molecule has 0 aliphatic carbocycles. The van der Waals surface area contributed by atoms with Crippen molar-refractivity contribution in [2.24, 2.45) is 0 Å². The summed E-state index contributed by atoms with van der Waals surface area (Å²) in [5.74, 6) is 0.441. The molecule has 0 aromatic heterocycles. The number of nitrogens with one attached hydrogen (secondary N) is 1. The lowest BCUT2D eigenvalue weighted by molar-refractivity contribution is -0.134. The minimum Gasteiger partial charge on any atom is -0.340 e. The first-order valence-corrected chi connectivity index (χ1v) is 6.27. The maximum Gasteiger partial charge on any atom is 0.401 e. The van der Waals surface area contributed by atoms with Gasteiger partial charge in [-0.3, -0.25) is 9.00 Å². The summed E-state index contributed by atoms with van der Waals surface area (Å²) in [5, 5.41) is 2.04. The van der Waals surface area contributed by atoms with E-state index in [0.29, 0.717) is 24.6 Å². The molecule has 0 spiro atoms. The molecule has 0 saturated carbocycles. The minimum atomic E-state index is -4.30. The first-order chi connectivity index (χ1) is 7.38. The number of halogens is 3. The standard InChI is InChI=1S/C8H13F3N2O2S/c9-8(10,11)6-12-5-7(14)13-1-3-16(15)4-2-13/h12H,1-6H2. The molecule has 1 heterocycles. The van der Waals surface area contributed by atoms with E-state index in [1.807, 2.05) is 5.32 Å². The van der Waals surface area contributed by atoms with Gasteiger partial charge < -0.3 is 10.2 Å². The summed E-state index contributed by atoms with van der Waals surface area (Å²) in [6, 6.07) is 0. The highest BCUT2D eigenvalue weighted by molar-refractivity contribution is 7.85. The number of hydrogen-bond acceptors (Lipinski definition) is 3. The predicted octanol–water partition coefficient (Wildman–Crippen LogP) is -0.271. The van der Waals surface area contributed by atoms with Crippen molar-refractivity contribution in [3.05, 3.63) is 0 Å². The number of hydrogen-bond donors (Lipinski definition) is 1. The molecule has 1 fully saturated rings. The van der Waals surface area contributed by atoms with Gasteiger partial charge in [0, 0.05) is 35.4 Å². The number of carbonyl (C=O) groups is 1. The Kier molecular flexibility index (Phi) is 4.72. The molecule has 0 radical (unpaired) electrons. The van der Waals surface area contributed by atoms with Crippen LogP contribution in [0.25, 0.3) is 0 Å². The lowest BCUT2D eigenvalue weighted by atomic mass is 10.4. The fourth-order valence-electron chi connectivity index (χ4n) is 1.31. The van der Waals surface area contributed by atoms with Gasteiger partial charge in [0.05, 0.1) is 13.1 Å². The van der Waals surface area contributed by atoms with Gasteiger partial charge in [0.2, 0.25) is 5.91 Å². The lowest BCUT2D eigenvalue weighted by Gasteiger charge is -2.26. The highest BCUT2D eigenvalue weighted by atomic mass is 32.2. The molecule has 1 aliphatic heterocycles. The van der Waals surface area contributed by atoms with Gasteiger partial charge in [-0.2, -0.15) is 13.2 Å². The van der Waals surface area contributed by atoms with Crippen LogP contribution < -0.4 is 5.32 Å². The van der Waals surface area contributed by atoms with Crippen molar-refractivity contribution in [2.75, 3.05) is 37.7 Å². The zero-order chi connectivity index (χ0) is 12.2. The van der Waals surface area contributed by atoms with E-state index in [-0.39, 0.29) is 12.5 Å². The molecule has 1 saturated heterocycles. The van der Waals surface area contributed by atoms with Crippen molar-refractivity contribution in [3.8, 4) is 0 Å². The van der Waals surface area contributed by atoms with Gasteiger partial charge in [-0.15, -0.1) is 0 Å². The largest absolute Gasteiger partial charge is 0.401 e. The zero-order valence-corrected chi connectivity index (χ0v) is 9.36. The average Bonchev–Trinajstić information content (AvgIpc) is 2.16. The molecule has 0 unspecified atom stereocenters. The van der Waals surface area contributed by atoms with Gasteiger partial charge in [-0.25, -0.2) is 0 Å². The molecule has 16 heavy (non-hydrogen) atoms. The quantitative estimate of drug-likeness (QED) is 0.758. The Balaban J connectivity index is 2.22. The normalized spacial score (nSPS) is 18.8.